The van der Waals surface area contributed by atoms with Crippen molar-refractivity contribution in [2.75, 3.05) is 13.6 Å². The summed E-state index contributed by atoms with van der Waals surface area (Å²) in [5.41, 5.74) is -1.37. The Hall–Kier alpha value is -3.16. The van der Waals surface area contributed by atoms with Gasteiger partial charge in [-0.2, -0.15) is 12.7 Å². The lowest BCUT2D eigenvalue weighted by Gasteiger charge is -2.30. The Balaban J connectivity index is 1.52. The minimum absolute atomic E-state index is 0.00136. The van der Waals surface area contributed by atoms with Crippen LogP contribution in [0.15, 0.2) is 36.4 Å². The second-order valence-electron chi connectivity index (χ2n) is 13.1. The van der Waals surface area contributed by atoms with Crippen molar-refractivity contribution in [3.63, 3.8) is 0 Å². The molecule has 2 fully saturated rings. The van der Waals surface area contributed by atoms with E-state index in [4.69, 9.17) is 16.3 Å². The highest BCUT2D eigenvalue weighted by Crippen LogP contribution is 2.45. The number of hydrogen-bond donors (Lipinski definition) is 3. The third-order valence-electron chi connectivity index (χ3n) is 8.26. The first-order valence-electron chi connectivity index (χ1n) is 15.4. The molecule has 0 aromatic heterocycles. The van der Waals surface area contributed by atoms with Crippen molar-refractivity contribution in [2.45, 2.75) is 102 Å². The van der Waals surface area contributed by atoms with Crippen LogP contribution in [-0.4, -0.2) is 78.3 Å². The van der Waals surface area contributed by atoms with Crippen LogP contribution in [0.2, 0.25) is 5.02 Å². The van der Waals surface area contributed by atoms with Gasteiger partial charge in [0.25, 0.3) is 11.8 Å². The normalized spacial score (nSPS) is 26.2. The molecule has 1 saturated carbocycles. The van der Waals surface area contributed by atoms with Gasteiger partial charge in [0, 0.05) is 36.6 Å². The van der Waals surface area contributed by atoms with E-state index in [1.807, 2.05) is 12.2 Å². The van der Waals surface area contributed by atoms with Crippen LogP contribution in [0, 0.1) is 5.92 Å². The van der Waals surface area contributed by atoms with Crippen molar-refractivity contribution < 1.29 is 32.3 Å². The Labute approximate surface area is 270 Å². The van der Waals surface area contributed by atoms with E-state index in [9.17, 15) is 27.6 Å². The SMILES string of the molecule is CN(Cc1ccc(Cl)cc1)S(=O)(=O)NC(=O)[C@@]12C[C@H]1C=CCCCCC[C@H](OC(=O)NC(C)(C)C)C(=O)N1CCC[C@H]1C(=O)N2. The molecule has 14 heteroatoms. The van der Waals surface area contributed by atoms with Crippen LogP contribution in [0.25, 0.3) is 0 Å². The summed E-state index contributed by atoms with van der Waals surface area (Å²) in [4.78, 5) is 55.1. The fourth-order valence-corrected chi connectivity index (χ4v) is 6.74. The maximum Gasteiger partial charge on any atom is 0.408 e. The van der Waals surface area contributed by atoms with Gasteiger partial charge >= 0.3 is 16.3 Å². The summed E-state index contributed by atoms with van der Waals surface area (Å²) in [7, 11) is -2.91. The first-order chi connectivity index (χ1) is 21.1. The second kappa shape index (κ2) is 14.1. The molecule has 0 radical (unpaired) electrons. The average molecular weight is 666 g/mol. The molecular weight excluding hydrogens is 622 g/mol. The molecule has 2 heterocycles. The number of allylic oxidation sites excluding steroid dienone is 1. The van der Waals surface area contributed by atoms with Crippen LogP contribution >= 0.6 is 11.6 Å². The molecule has 1 aromatic carbocycles. The summed E-state index contributed by atoms with van der Waals surface area (Å²) in [6.07, 6.45) is 6.41. The van der Waals surface area contributed by atoms with Crippen LogP contribution in [-0.2, 0) is 35.9 Å². The number of rotatable bonds is 6. The minimum Gasteiger partial charge on any atom is -0.436 e. The summed E-state index contributed by atoms with van der Waals surface area (Å²) >= 11 is 5.93. The molecule has 45 heavy (non-hydrogen) atoms. The monoisotopic (exact) mass is 665 g/mol. The van der Waals surface area contributed by atoms with Gasteiger partial charge < -0.3 is 20.3 Å². The zero-order valence-electron chi connectivity index (χ0n) is 26.3. The Morgan fingerprint density at radius 3 is 2.51 bits per heavy atom. The van der Waals surface area contributed by atoms with Gasteiger partial charge in [-0.25, -0.2) is 9.52 Å². The number of alkyl carbamates (subject to hydrolysis) is 1. The average Bonchev–Trinajstić information content (AvgIpc) is 3.40. The van der Waals surface area contributed by atoms with E-state index in [1.165, 1.54) is 11.9 Å². The molecule has 4 atom stereocenters. The van der Waals surface area contributed by atoms with Crippen LogP contribution in [0.5, 0.6) is 0 Å². The van der Waals surface area contributed by atoms with Crippen molar-refractivity contribution >= 4 is 45.6 Å². The second-order valence-corrected chi connectivity index (χ2v) is 15.3. The topological polar surface area (TPSA) is 154 Å². The predicted octanol–water partition coefficient (Wildman–Crippen LogP) is 3.41. The van der Waals surface area contributed by atoms with Crippen LogP contribution in [0.4, 0.5) is 4.79 Å². The maximum absolute atomic E-state index is 13.7. The van der Waals surface area contributed by atoms with Crippen molar-refractivity contribution in [3.05, 3.63) is 47.0 Å². The van der Waals surface area contributed by atoms with Crippen molar-refractivity contribution in [2.24, 2.45) is 5.92 Å². The van der Waals surface area contributed by atoms with Gasteiger partial charge in [-0.05, 0) is 83.4 Å². The number of hydrogen-bond acceptors (Lipinski definition) is 7. The van der Waals surface area contributed by atoms with Gasteiger partial charge in [0.1, 0.15) is 11.6 Å². The highest BCUT2D eigenvalue weighted by atomic mass is 35.5. The zero-order valence-corrected chi connectivity index (χ0v) is 27.9. The molecule has 3 aliphatic rings. The number of benzene rings is 1. The van der Waals surface area contributed by atoms with Gasteiger partial charge in [-0.15, -0.1) is 0 Å². The Kier molecular flexibility index (Phi) is 10.9. The van der Waals surface area contributed by atoms with Crippen LogP contribution in [0.3, 0.4) is 0 Å². The molecule has 4 rings (SSSR count). The highest BCUT2D eigenvalue weighted by Gasteiger charge is 2.61. The van der Waals surface area contributed by atoms with E-state index in [-0.39, 0.29) is 13.0 Å². The first-order valence-corrected chi connectivity index (χ1v) is 17.2. The molecule has 4 amide bonds. The smallest absolute Gasteiger partial charge is 0.408 e. The van der Waals surface area contributed by atoms with Crippen LogP contribution in [0.1, 0.15) is 77.7 Å². The predicted molar refractivity (Wildman–Crippen MR) is 169 cm³/mol. The molecule has 1 saturated heterocycles. The third-order valence-corrected chi connectivity index (χ3v) is 9.91. The van der Waals surface area contributed by atoms with Crippen LogP contribution < -0.4 is 15.4 Å². The number of amides is 4. The van der Waals surface area contributed by atoms with Crippen molar-refractivity contribution in [1.82, 2.24) is 24.6 Å². The summed E-state index contributed by atoms with van der Waals surface area (Å²) in [5.74, 6) is -2.26. The lowest BCUT2D eigenvalue weighted by atomic mass is 10.1. The summed E-state index contributed by atoms with van der Waals surface area (Å²) < 4.78 is 35.1. The Morgan fingerprint density at radius 1 is 1.11 bits per heavy atom. The molecule has 1 aliphatic carbocycles. The third kappa shape index (κ3) is 8.98. The molecular formula is C31H44ClN5O7S. The lowest BCUT2D eigenvalue weighted by molar-refractivity contribution is -0.146. The van der Waals surface area contributed by atoms with Gasteiger partial charge in [-0.1, -0.05) is 42.3 Å². The number of ether oxygens (including phenoxy) is 1. The standard InChI is InChI=1S/C31H44ClN5O7S/c1-30(2,3)34-29(41)44-25-13-9-7-5-6-8-11-22-19-31(22,33-26(38)24-12-10-18-37(24)27(25)39)28(40)35-45(42,43)36(4)20-21-14-16-23(32)17-15-21/h8,11,14-17,22,24-25H,5-7,9-10,12-13,18-20H2,1-4H3,(H,33,38)(H,34,41)(H,35,40)/t22-,24+,25+,31-/m1/s1. The van der Waals surface area contributed by atoms with E-state index < -0.39 is 63.2 Å². The first kappa shape index (κ1) is 34.7. The van der Waals surface area contributed by atoms with E-state index in [0.29, 0.717) is 49.2 Å². The van der Waals surface area contributed by atoms with Gasteiger partial charge in [0.05, 0.1) is 0 Å². The van der Waals surface area contributed by atoms with E-state index >= 15 is 0 Å². The Morgan fingerprint density at radius 2 is 1.82 bits per heavy atom. The summed E-state index contributed by atoms with van der Waals surface area (Å²) in [5, 5.41) is 6.05. The molecule has 0 unspecified atom stereocenters. The molecule has 2 aliphatic heterocycles. The van der Waals surface area contributed by atoms with Gasteiger partial charge in [0.15, 0.2) is 6.10 Å². The fraction of sp³-hybridized carbons (Fsp3) is 0.613. The molecule has 1 aromatic rings. The largest absolute Gasteiger partial charge is 0.436 e. The summed E-state index contributed by atoms with van der Waals surface area (Å²) in [6, 6.07) is 5.79. The van der Waals surface area contributed by atoms with Gasteiger partial charge in [0.2, 0.25) is 5.91 Å². The molecule has 0 bridgehead atoms. The van der Waals surface area contributed by atoms with E-state index in [1.54, 1.807) is 45.0 Å². The maximum atomic E-state index is 13.7. The van der Waals surface area contributed by atoms with E-state index in [0.717, 1.165) is 17.1 Å². The number of carbonyl (C=O) groups excluding carboxylic acids is 4. The van der Waals surface area contributed by atoms with Gasteiger partial charge in [-0.3, -0.25) is 14.4 Å². The quantitative estimate of drug-likeness (QED) is 0.394. The number of carbonyl (C=O) groups is 4. The highest BCUT2D eigenvalue weighted by molar-refractivity contribution is 7.87. The van der Waals surface area contributed by atoms with E-state index in [2.05, 4.69) is 15.4 Å². The molecule has 12 nitrogen and oxygen atoms in total. The van der Waals surface area contributed by atoms with Crippen molar-refractivity contribution in [3.8, 4) is 0 Å². The fourth-order valence-electron chi connectivity index (χ4n) is 5.72. The number of halogens is 1. The molecule has 3 N–H and O–H groups in total. The number of nitrogens with one attached hydrogen (secondary N) is 3. The Bertz CT molecular complexity index is 1410. The van der Waals surface area contributed by atoms with Crippen molar-refractivity contribution in [1.29, 1.82) is 0 Å². The minimum atomic E-state index is -4.26. The number of fused-ring (bicyclic) bond motifs is 2. The molecule has 248 valence electrons. The molecule has 0 spiro atoms. The zero-order chi connectivity index (χ0) is 33.0. The lowest BCUT2D eigenvalue weighted by Crippen LogP contribution is -2.58. The number of nitrogens with zero attached hydrogens (tertiary/aromatic N) is 2. The summed E-state index contributed by atoms with van der Waals surface area (Å²) in [6.45, 7) is 5.71.